The monoisotopic (exact) mass is 326 g/mol. The topological polar surface area (TPSA) is 74.2 Å². The third-order valence-corrected chi connectivity index (χ3v) is 4.22. The molecule has 0 bridgehead atoms. The fraction of sp³-hybridized carbons (Fsp3) is 0.412. The lowest BCUT2D eigenvalue weighted by atomic mass is 10.1. The number of anilines is 1. The van der Waals surface area contributed by atoms with Gasteiger partial charge in [-0.2, -0.15) is 0 Å². The van der Waals surface area contributed by atoms with Crippen LogP contribution in [0.25, 0.3) is 0 Å². The third-order valence-electron chi connectivity index (χ3n) is 4.22. The van der Waals surface area contributed by atoms with Crippen molar-refractivity contribution < 1.29 is 4.79 Å². The number of carbonyl (C=O) groups excluding carboxylic acids is 1. The van der Waals surface area contributed by atoms with Gasteiger partial charge in [-0.05, 0) is 37.1 Å². The number of nitrogens with one attached hydrogen (secondary N) is 1. The smallest absolute Gasteiger partial charge is 0.317 e. The summed E-state index contributed by atoms with van der Waals surface area (Å²) in [5.41, 5.74) is 2.18. The average Bonchev–Trinajstić information content (AvgIpc) is 2.61. The van der Waals surface area contributed by atoms with Crippen molar-refractivity contribution in [3.8, 4) is 0 Å². The first-order valence-electron chi connectivity index (χ1n) is 8.10. The van der Waals surface area contributed by atoms with E-state index in [1.165, 1.54) is 0 Å². The number of piperazine rings is 1. The van der Waals surface area contributed by atoms with E-state index in [4.69, 9.17) is 0 Å². The second-order valence-electron chi connectivity index (χ2n) is 5.90. The number of urea groups is 1. The zero-order valence-corrected chi connectivity index (χ0v) is 14.1. The highest BCUT2D eigenvalue weighted by Gasteiger charge is 2.21. The Labute approximate surface area is 141 Å². The van der Waals surface area contributed by atoms with Crippen LogP contribution in [-0.4, -0.2) is 52.1 Å². The molecule has 0 radical (unpaired) electrons. The largest absolute Gasteiger partial charge is 0.353 e. The van der Waals surface area contributed by atoms with Crippen LogP contribution in [0.2, 0.25) is 0 Å². The summed E-state index contributed by atoms with van der Waals surface area (Å²) >= 11 is 0. The number of nitrogens with zero attached hydrogens (tertiary/aromatic N) is 5. The summed E-state index contributed by atoms with van der Waals surface area (Å²) in [6, 6.07) is 3.82. The molecule has 2 aromatic heterocycles. The molecular formula is C17H22N6O. The van der Waals surface area contributed by atoms with Crippen LogP contribution in [0.15, 0.2) is 30.7 Å². The van der Waals surface area contributed by atoms with E-state index in [0.29, 0.717) is 19.6 Å². The second kappa shape index (κ2) is 7.25. The van der Waals surface area contributed by atoms with Crippen LogP contribution in [0.3, 0.4) is 0 Å². The summed E-state index contributed by atoms with van der Waals surface area (Å²) in [7, 11) is 0. The third kappa shape index (κ3) is 3.79. The number of rotatable bonds is 3. The Morgan fingerprint density at radius 1 is 1.17 bits per heavy atom. The highest BCUT2D eigenvalue weighted by atomic mass is 16.2. The van der Waals surface area contributed by atoms with Gasteiger partial charge in [0.15, 0.2) is 0 Å². The Hall–Kier alpha value is -2.70. The normalized spacial score (nSPS) is 14.6. The van der Waals surface area contributed by atoms with E-state index in [0.717, 1.165) is 35.9 Å². The summed E-state index contributed by atoms with van der Waals surface area (Å²) in [6.45, 7) is 7.33. The number of hydrogen-bond donors (Lipinski definition) is 1. The molecule has 1 aliphatic heterocycles. The van der Waals surface area contributed by atoms with Gasteiger partial charge in [-0.1, -0.05) is 0 Å². The van der Waals surface area contributed by atoms with Crippen LogP contribution in [0.1, 0.15) is 17.0 Å². The molecule has 0 unspecified atom stereocenters. The predicted octanol–water partition coefficient (Wildman–Crippen LogP) is 1.52. The first-order valence-corrected chi connectivity index (χ1v) is 8.10. The Morgan fingerprint density at radius 2 is 1.96 bits per heavy atom. The van der Waals surface area contributed by atoms with Crippen molar-refractivity contribution in [1.29, 1.82) is 0 Å². The quantitative estimate of drug-likeness (QED) is 0.926. The zero-order chi connectivity index (χ0) is 16.9. The maximum absolute atomic E-state index is 12.3. The van der Waals surface area contributed by atoms with Gasteiger partial charge in [0.2, 0.25) is 0 Å². The molecule has 0 aromatic carbocycles. The molecule has 1 aliphatic rings. The van der Waals surface area contributed by atoms with Gasteiger partial charge in [-0.3, -0.25) is 4.98 Å². The molecule has 2 amide bonds. The zero-order valence-electron chi connectivity index (χ0n) is 14.1. The van der Waals surface area contributed by atoms with Gasteiger partial charge in [0.05, 0.1) is 0 Å². The molecule has 0 aliphatic carbocycles. The first-order chi connectivity index (χ1) is 11.6. The van der Waals surface area contributed by atoms with Crippen LogP contribution in [0.5, 0.6) is 0 Å². The van der Waals surface area contributed by atoms with Crippen LogP contribution >= 0.6 is 0 Å². The Kier molecular flexibility index (Phi) is 4.88. The number of aromatic nitrogens is 3. The SMILES string of the molecule is Cc1nccc(N2CCN(C(=O)NCc3ccncc3C)CC2)n1. The molecule has 0 saturated carbocycles. The van der Waals surface area contributed by atoms with Crippen molar-refractivity contribution in [3.05, 3.63) is 47.7 Å². The standard InChI is InChI=1S/C17H22N6O/c1-13-11-18-5-3-15(13)12-20-17(24)23-9-7-22(8-10-23)16-4-6-19-14(2)21-16/h3-6,11H,7-10,12H2,1-2H3,(H,20,24). The molecule has 7 heteroatoms. The Balaban J connectivity index is 1.51. The molecule has 1 fully saturated rings. The van der Waals surface area contributed by atoms with Gasteiger partial charge >= 0.3 is 6.03 Å². The molecule has 1 N–H and O–H groups in total. The van der Waals surface area contributed by atoms with Crippen LogP contribution in [0, 0.1) is 13.8 Å². The van der Waals surface area contributed by atoms with Crippen LogP contribution < -0.4 is 10.2 Å². The average molecular weight is 326 g/mol. The number of carbonyl (C=O) groups is 1. The second-order valence-corrected chi connectivity index (χ2v) is 5.90. The minimum Gasteiger partial charge on any atom is -0.353 e. The Morgan fingerprint density at radius 3 is 2.67 bits per heavy atom. The Bertz CT molecular complexity index is 712. The van der Waals surface area contributed by atoms with E-state index >= 15 is 0 Å². The maximum Gasteiger partial charge on any atom is 0.317 e. The summed E-state index contributed by atoms with van der Waals surface area (Å²) in [5.74, 6) is 1.69. The lowest BCUT2D eigenvalue weighted by Crippen LogP contribution is -2.52. The molecule has 2 aromatic rings. The van der Waals surface area contributed by atoms with Crippen molar-refractivity contribution in [2.24, 2.45) is 0 Å². The van der Waals surface area contributed by atoms with Crippen LogP contribution in [0.4, 0.5) is 10.6 Å². The summed E-state index contributed by atoms with van der Waals surface area (Å²) < 4.78 is 0. The molecule has 7 nitrogen and oxygen atoms in total. The van der Waals surface area contributed by atoms with Gasteiger partial charge in [-0.25, -0.2) is 14.8 Å². The van der Waals surface area contributed by atoms with E-state index in [-0.39, 0.29) is 6.03 Å². The maximum atomic E-state index is 12.3. The molecule has 3 heterocycles. The van der Waals surface area contributed by atoms with Crippen molar-refractivity contribution in [2.75, 3.05) is 31.1 Å². The number of aryl methyl sites for hydroxylation is 2. The summed E-state index contributed by atoms with van der Waals surface area (Å²) in [4.78, 5) is 29.0. The molecular weight excluding hydrogens is 304 g/mol. The minimum absolute atomic E-state index is 0.0234. The van der Waals surface area contributed by atoms with Gasteiger partial charge in [0.1, 0.15) is 11.6 Å². The predicted molar refractivity (Wildman–Crippen MR) is 91.8 cm³/mol. The molecule has 0 spiro atoms. The van der Waals surface area contributed by atoms with E-state index in [9.17, 15) is 4.79 Å². The van der Waals surface area contributed by atoms with E-state index in [2.05, 4.69) is 25.2 Å². The fourth-order valence-electron chi connectivity index (χ4n) is 2.74. The highest BCUT2D eigenvalue weighted by molar-refractivity contribution is 5.74. The molecule has 24 heavy (non-hydrogen) atoms. The summed E-state index contributed by atoms with van der Waals surface area (Å²) in [5, 5.41) is 2.99. The van der Waals surface area contributed by atoms with Gasteiger partial charge in [0.25, 0.3) is 0 Å². The van der Waals surface area contributed by atoms with Crippen molar-refractivity contribution >= 4 is 11.8 Å². The van der Waals surface area contributed by atoms with Gasteiger partial charge in [0, 0.05) is 51.3 Å². The fourth-order valence-corrected chi connectivity index (χ4v) is 2.74. The number of pyridine rings is 1. The molecule has 3 rings (SSSR count). The van der Waals surface area contributed by atoms with Crippen molar-refractivity contribution in [1.82, 2.24) is 25.2 Å². The van der Waals surface area contributed by atoms with Gasteiger partial charge in [-0.15, -0.1) is 0 Å². The van der Waals surface area contributed by atoms with E-state index in [1.807, 2.05) is 37.1 Å². The summed E-state index contributed by atoms with van der Waals surface area (Å²) in [6.07, 6.45) is 5.33. The van der Waals surface area contributed by atoms with E-state index in [1.54, 1.807) is 12.4 Å². The van der Waals surface area contributed by atoms with Crippen molar-refractivity contribution in [2.45, 2.75) is 20.4 Å². The number of amides is 2. The molecule has 1 saturated heterocycles. The lowest BCUT2D eigenvalue weighted by molar-refractivity contribution is 0.194. The number of hydrogen-bond acceptors (Lipinski definition) is 5. The van der Waals surface area contributed by atoms with Gasteiger partial charge < -0.3 is 15.1 Å². The molecule has 0 atom stereocenters. The highest BCUT2D eigenvalue weighted by Crippen LogP contribution is 2.13. The first kappa shape index (κ1) is 16.2. The minimum atomic E-state index is -0.0234. The molecule has 126 valence electrons. The lowest BCUT2D eigenvalue weighted by Gasteiger charge is -2.35. The van der Waals surface area contributed by atoms with Crippen LogP contribution in [-0.2, 0) is 6.54 Å². The van der Waals surface area contributed by atoms with E-state index < -0.39 is 0 Å². The van der Waals surface area contributed by atoms with Crippen molar-refractivity contribution in [3.63, 3.8) is 0 Å².